The molecule has 104 valence electrons. The summed E-state index contributed by atoms with van der Waals surface area (Å²) in [6.45, 7) is 9.92. The Morgan fingerprint density at radius 2 is 2.11 bits per heavy atom. The Labute approximate surface area is 110 Å². The average molecular weight is 253 g/mol. The van der Waals surface area contributed by atoms with Crippen LogP contribution in [0.2, 0.25) is 0 Å². The van der Waals surface area contributed by atoms with Gasteiger partial charge in [0.15, 0.2) is 0 Å². The molecule has 1 atom stereocenters. The van der Waals surface area contributed by atoms with Gasteiger partial charge in [0.25, 0.3) is 0 Å². The van der Waals surface area contributed by atoms with E-state index in [0.29, 0.717) is 6.54 Å². The van der Waals surface area contributed by atoms with Gasteiger partial charge in [0.1, 0.15) is 0 Å². The smallest absolute Gasteiger partial charge is 0.0669 e. The van der Waals surface area contributed by atoms with Crippen LogP contribution in [0, 0.1) is 5.41 Å². The molecule has 0 aliphatic carbocycles. The first kappa shape index (κ1) is 15.2. The molecule has 0 aliphatic heterocycles. The molecule has 2 N–H and O–H groups in total. The highest BCUT2D eigenvalue weighted by Gasteiger charge is 2.16. The lowest BCUT2D eigenvalue weighted by molar-refractivity contribution is 0.119. The Morgan fingerprint density at radius 3 is 2.61 bits per heavy atom. The van der Waals surface area contributed by atoms with Crippen LogP contribution in [-0.2, 0) is 20.0 Å². The van der Waals surface area contributed by atoms with E-state index >= 15 is 0 Å². The van der Waals surface area contributed by atoms with Gasteiger partial charge in [-0.1, -0.05) is 27.7 Å². The molecule has 1 rings (SSSR count). The number of rotatable bonds is 6. The first-order valence-corrected chi connectivity index (χ1v) is 6.72. The predicted octanol–water partition coefficient (Wildman–Crippen LogP) is 1.87. The summed E-state index contributed by atoms with van der Waals surface area (Å²) >= 11 is 0. The fraction of sp³-hybridized carbons (Fsp3) is 0.786. The Hall–Kier alpha value is -0.870. The average Bonchev–Trinajstić information content (AvgIpc) is 2.57. The normalized spacial score (nSPS) is 13.9. The molecule has 1 heterocycles. The highest BCUT2D eigenvalue weighted by molar-refractivity contribution is 5.09. The number of aliphatic hydroxyl groups excluding tert-OH is 1. The number of hydrogen-bond donors (Lipinski definition) is 2. The van der Waals surface area contributed by atoms with Crippen LogP contribution in [-0.4, -0.2) is 27.5 Å². The minimum atomic E-state index is -0.288. The van der Waals surface area contributed by atoms with Gasteiger partial charge in [-0.3, -0.25) is 4.68 Å². The van der Waals surface area contributed by atoms with E-state index in [1.54, 1.807) is 0 Å². The Morgan fingerprint density at radius 1 is 1.44 bits per heavy atom. The quantitative estimate of drug-likeness (QED) is 0.813. The maximum atomic E-state index is 9.90. The van der Waals surface area contributed by atoms with Crippen LogP contribution in [0.5, 0.6) is 0 Å². The summed E-state index contributed by atoms with van der Waals surface area (Å²) in [6, 6.07) is 2.11. The highest BCUT2D eigenvalue weighted by atomic mass is 16.3. The van der Waals surface area contributed by atoms with Crippen LogP contribution in [0.3, 0.4) is 0 Å². The first-order chi connectivity index (χ1) is 8.31. The minimum Gasteiger partial charge on any atom is -0.392 e. The van der Waals surface area contributed by atoms with Gasteiger partial charge in [-0.2, -0.15) is 5.10 Å². The Balaban J connectivity index is 2.35. The van der Waals surface area contributed by atoms with Crippen LogP contribution < -0.4 is 5.32 Å². The van der Waals surface area contributed by atoms with Gasteiger partial charge >= 0.3 is 0 Å². The number of hydrogen-bond acceptors (Lipinski definition) is 3. The summed E-state index contributed by atoms with van der Waals surface area (Å²) in [7, 11) is 1.96. The van der Waals surface area contributed by atoms with E-state index in [9.17, 15) is 5.11 Å². The highest BCUT2D eigenvalue weighted by Crippen LogP contribution is 2.20. The molecule has 0 spiro atoms. The van der Waals surface area contributed by atoms with Crippen LogP contribution in [0.4, 0.5) is 0 Å². The SMILES string of the molecule is CCc1cc(CNCC(O)CC(C)(C)C)n(C)n1. The molecule has 0 radical (unpaired) electrons. The number of aromatic nitrogens is 2. The molecule has 0 fully saturated rings. The fourth-order valence-electron chi connectivity index (χ4n) is 2.06. The summed E-state index contributed by atoms with van der Waals surface area (Å²) < 4.78 is 1.90. The largest absolute Gasteiger partial charge is 0.392 e. The van der Waals surface area contributed by atoms with Crippen molar-refractivity contribution in [3.63, 3.8) is 0 Å². The molecular formula is C14H27N3O. The summed E-state index contributed by atoms with van der Waals surface area (Å²) in [6.07, 6.45) is 1.48. The molecule has 0 bridgehead atoms. The van der Waals surface area contributed by atoms with Crippen LogP contribution in [0.15, 0.2) is 6.07 Å². The summed E-state index contributed by atoms with van der Waals surface area (Å²) in [5, 5.41) is 17.6. The van der Waals surface area contributed by atoms with Gasteiger partial charge in [-0.15, -0.1) is 0 Å². The van der Waals surface area contributed by atoms with Crippen molar-refractivity contribution in [3.05, 3.63) is 17.5 Å². The molecule has 0 saturated carbocycles. The molecular weight excluding hydrogens is 226 g/mol. The molecule has 1 aromatic rings. The van der Waals surface area contributed by atoms with Gasteiger partial charge in [-0.25, -0.2) is 0 Å². The van der Waals surface area contributed by atoms with Gasteiger partial charge in [0.05, 0.1) is 17.5 Å². The number of nitrogens with zero attached hydrogens (tertiary/aromatic N) is 2. The van der Waals surface area contributed by atoms with E-state index in [-0.39, 0.29) is 11.5 Å². The second-order valence-electron chi connectivity index (χ2n) is 6.15. The van der Waals surface area contributed by atoms with E-state index in [1.807, 2.05) is 11.7 Å². The summed E-state index contributed by atoms with van der Waals surface area (Å²) in [4.78, 5) is 0. The molecule has 1 unspecified atom stereocenters. The van der Waals surface area contributed by atoms with Crippen molar-refractivity contribution in [3.8, 4) is 0 Å². The third kappa shape index (κ3) is 5.19. The predicted molar refractivity (Wildman–Crippen MR) is 74.4 cm³/mol. The maximum Gasteiger partial charge on any atom is 0.0669 e. The van der Waals surface area contributed by atoms with Crippen molar-refractivity contribution in [1.29, 1.82) is 0 Å². The monoisotopic (exact) mass is 253 g/mol. The van der Waals surface area contributed by atoms with Gasteiger partial charge in [0, 0.05) is 20.1 Å². The molecule has 0 aliphatic rings. The molecule has 0 amide bonds. The van der Waals surface area contributed by atoms with Crippen LogP contribution in [0.25, 0.3) is 0 Å². The molecule has 4 nitrogen and oxygen atoms in total. The van der Waals surface area contributed by atoms with Crippen molar-refractivity contribution >= 4 is 0 Å². The van der Waals surface area contributed by atoms with Crippen molar-refractivity contribution in [2.24, 2.45) is 12.5 Å². The van der Waals surface area contributed by atoms with Crippen LogP contribution in [0.1, 0.15) is 45.5 Å². The lowest BCUT2D eigenvalue weighted by Gasteiger charge is -2.22. The Bertz CT molecular complexity index is 366. The first-order valence-electron chi connectivity index (χ1n) is 6.72. The molecule has 1 aromatic heterocycles. The second-order valence-corrected chi connectivity index (χ2v) is 6.15. The van der Waals surface area contributed by atoms with E-state index in [4.69, 9.17) is 0 Å². The fourth-order valence-corrected chi connectivity index (χ4v) is 2.06. The summed E-state index contributed by atoms with van der Waals surface area (Å²) in [5.41, 5.74) is 2.45. The van der Waals surface area contributed by atoms with Gasteiger partial charge < -0.3 is 10.4 Å². The van der Waals surface area contributed by atoms with Crippen molar-refractivity contribution in [2.45, 2.75) is 53.2 Å². The molecule has 0 saturated heterocycles. The minimum absolute atomic E-state index is 0.170. The van der Waals surface area contributed by atoms with E-state index in [2.05, 4.69) is 44.2 Å². The molecule has 4 heteroatoms. The van der Waals surface area contributed by atoms with Crippen molar-refractivity contribution in [1.82, 2.24) is 15.1 Å². The lowest BCUT2D eigenvalue weighted by Crippen LogP contribution is -2.30. The second kappa shape index (κ2) is 6.34. The summed E-state index contributed by atoms with van der Waals surface area (Å²) in [5.74, 6) is 0. The zero-order chi connectivity index (χ0) is 13.8. The zero-order valence-electron chi connectivity index (χ0n) is 12.3. The van der Waals surface area contributed by atoms with Crippen LogP contribution >= 0.6 is 0 Å². The van der Waals surface area contributed by atoms with Gasteiger partial charge in [0.2, 0.25) is 0 Å². The van der Waals surface area contributed by atoms with Crippen molar-refractivity contribution < 1.29 is 5.11 Å². The zero-order valence-corrected chi connectivity index (χ0v) is 12.3. The topological polar surface area (TPSA) is 50.1 Å². The van der Waals surface area contributed by atoms with E-state index in [1.165, 1.54) is 0 Å². The molecule has 18 heavy (non-hydrogen) atoms. The number of nitrogens with one attached hydrogen (secondary N) is 1. The van der Waals surface area contributed by atoms with Gasteiger partial charge in [-0.05, 0) is 24.3 Å². The van der Waals surface area contributed by atoms with Crippen molar-refractivity contribution in [2.75, 3.05) is 6.54 Å². The number of aryl methyl sites for hydroxylation is 2. The Kier molecular flexibility index (Phi) is 5.35. The molecule has 0 aromatic carbocycles. The van der Waals surface area contributed by atoms with E-state index in [0.717, 1.165) is 30.8 Å². The lowest BCUT2D eigenvalue weighted by atomic mass is 9.89. The third-order valence-electron chi connectivity index (χ3n) is 2.92. The third-order valence-corrected chi connectivity index (χ3v) is 2.92. The number of aliphatic hydroxyl groups is 1. The van der Waals surface area contributed by atoms with E-state index < -0.39 is 0 Å². The standard InChI is InChI=1S/C14H27N3O/c1-6-11-7-12(17(5)16-11)9-15-10-13(18)8-14(2,3)4/h7,13,15,18H,6,8-10H2,1-5H3. The maximum absolute atomic E-state index is 9.90.